The van der Waals surface area contributed by atoms with Crippen LogP contribution >= 0.6 is 11.8 Å². The van der Waals surface area contributed by atoms with Gasteiger partial charge in [0, 0.05) is 11.3 Å². The second-order valence-corrected chi connectivity index (χ2v) is 7.10. The maximum absolute atomic E-state index is 3.69. The number of hydrogen-bond acceptors (Lipinski definition) is 2. The van der Waals surface area contributed by atoms with Gasteiger partial charge in [-0.3, -0.25) is 0 Å². The molecule has 2 heteroatoms. The second-order valence-electron chi connectivity index (χ2n) is 5.83. The summed E-state index contributed by atoms with van der Waals surface area (Å²) < 4.78 is 0. The molecule has 15 heavy (non-hydrogen) atoms. The Morgan fingerprint density at radius 1 is 1.40 bits per heavy atom. The van der Waals surface area contributed by atoms with Gasteiger partial charge in [0.1, 0.15) is 0 Å². The Hall–Kier alpha value is 0.310. The van der Waals surface area contributed by atoms with Crippen molar-refractivity contribution in [3.8, 4) is 0 Å². The molecule has 1 aliphatic carbocycles. The molecule has 90 valence electrons. The van der Waals surface area contributed by atoms with Gasteiger partial charge in [0.25, 0.3) is 0 Å². The van der Waals surface area contributed by atoms with Crippen molar-refractivity contribution in [1.29, 1.82) is 0 Å². The van der Waals surface area contributed by atoms with Gasteiger partial charge in [0.05, 0.1) is 0 Å². The van der Waals surface area contributed by atoms with E-state index in [-0.39, 0.29) is 0 Å². The van der Waals surface area contributed by atoms with E-state index in [1.807, 2.05) is 0 Å². The summed E-state index contributed by atoms with van der Waals surface area (Å²) >= 11 is 2.18. The molecule has 0 aromatic heterocycles. The monoisotopic (exact) mass is 229 g/mol. The smallest absolute Gasteiger partial charge is 0.0237 e. The Balaban J connectivity index is 2.49. The summed E-state index contributed by atoms with van der Waals surface area (Å²) in [5.74, 6) is 2.13. The van der Waals surface area contributed by atoms with Crippen molar-refractivity contribution < 1.29 is 0 Å². The Morgan fingerprint density at radius 2 is 2.07 bits per heavy atom. The lowest BCUT2D eigenvalue weighted by Crippen LogP contribution is -2.43. The normalized spacial score (nSPS) is 30.0. The minimum atomic E-state index is 0.491. The van der Waals surface area contributed by atoms with Gasteiger partial charge >= 0.3 is 0 Å². The molecule has 0 saturated heterocycles. The van der Waals surface area contributed by atoms with Crippen LogP contribution in [-0.2, 0) is 0 Å². The standard InChI is InChI=1S/C13H27NS/c1-6-14-12-11(15-9-10(2)3)7-8-13(12,4)5/h10-12,14H,6-9H2,1-5H3. The largest absolute Gasteiger partial charge is 0.313 e. The highest BCUT2D eigenvalue weighted by molar-refractivity contribution is 7.99. The summed E-state index contributed by atoms with van der Waals surface area (Å²) in [5, 5.41) is 4.52. The molecule has 0 heterocycles. The minimum Gasteiger partial charge on any atom is -0.313 e. The molecule has 0 spiro atoms. The van der Waals surface area contributed by atoms with Crippen LogP contribution in [0.4, 0.5) is 0 Å². The van der Waals surface area contributed by atoms with Gasteiger partial charge < -0.3 is 5.32 Å². The highest BCUT2D eigenvalue weighted by Gasteiger charge is 2.41. The Morgan fingerprint density at radius 3 is 2.60 bits per heavy atom. The quantitative estimate of drug-likeness (QED) is 0.774. The van der Waals surface area contributed by atoms with Crippen LogP contribution in [0.15, 0.2) is 0 Å². The molecule has 0 aromatic rings. The van der Waals surface area contributed by atoms with Gasteiger partial charge in [-0.25, -0.2) is 0 Å². The summed E-state index contributed by atoms with van der Waals surface area (Å²) in [6, 6.07) is 0.714. The van der Waals surface area contributed by atoms with E-state index in [9.17, 15) is 0 Å². The van der Waals surface area contributed by atoms with Crippen LogP contribution in [-0.4, -0.2) is 23.6 Å². The first-order valence-corrected chi connectivity index (χ1v) is 7.37. The van der Waals surface area contributed by atoms with Crippen molar-refractivity contribution in [1.82, 2.24) is 5.32 Å². The summed E-state index contributed by atoms with van der Waals surface area (Å²) in [5.41, 5.74) is 0.491. The van der Waals surface area contributed by atoms with Gasteiger partial charge in [-0.15, -0.1) is 0 Å². The van der Waals surface area contributed by atoms with Crippen molar-refractivity contribution in [3.05, 3.63) is 0 Å². The Labute approximate surface area is 99.8 Å². The SMILES string of the molecule is CCNC1C(SCC(C)C)CCC1(C)C. The van der Waals surface area contributed by atoms with Crippen LogP contribution in [0.2, 0.25) is 0 Å². The van der Waals surface area contributed by atoms with Crippen LogP contribution in [0.5, 0.6) is 0 Å². The third kappa shape index (κ3) is 3.67. The lowest BCUT2D eigenvalue weighted by atomic mass is 9.87. The fourth-order valence-corrected chi connectivity index (χ4v) is 4.04. The molecular weight excluding hydrogens is 202 g/mol. The van der Waals surface area contributed by atoms with Gasteiger partial charge in [-0.1, -0.05) is 34.6 Å². The molecule has 1 aliphatic rings. The van der Waals surface area contributed by atoms with E-state index in [0.717, 1.165) is 17.7 Å². The summed E-state index contributed by atoms with van der Waals surface area (Å²) in [6.07, 6.45) is 2.77. The molecule has 0 bridgehead atoms. The third-order valence-electron chi connectivity index (χ3n) is 3.35. The van der Waals surface area contributed by atoms with E-state index in [1.54, 1.807) is 0 Å². The maximum atomic E-state index is 3.69. The van der Waals surface area contributed by atoms with Crippen LogP contribution in [0, 0.1) is 11.3 Å². The second kappa shape index (κ2) is 5.58. The zero-order valence-corrected chi connectivity index (χ0v) is 11.8. The topological polar surface area (TPSA) is 12.0 Å². The van der Waals surface area contributed by atoms with Crippen molar-refractivity contribution in [2.75, 3.05) is 12.3 Å². The molecule has 1 rings (SSSR count). The molecule has 0 amide bonds. The van der Waals surface area contributed by atoms with Crippen LogP contribution in [0.25, 0.3) is 0 Å². The summed E-state index contributed by atoms with van der Waals surface area (Å²) in [4.78, 5) is 0. The zero-order valence-electron chi connectivity index (χ0n) is 11.0. The minimum absolute atomic E-state index is 0.491. The number of nitrogens with one attached hydrogen (secondary N) is 1. The van der Waals surface area contributed by atoms with Crippen LogP contribution < -0.4 is 5.32 Å². The highest BCUT2D eigenvalue weighted by atomic mass is 32.2. The van der Waals surface area contributed by atoms with Gasteiger partial charge in [-0.05, 0) is 36.5 Å². The van der Waals surface area contributed by atoms with Crippen molar-refractivity contribution >= 4 is 11.8 Å². The fraction of sp³-hybridized carbons (Fsp3) is 1.00. The predicted octanol–water partition coefficient (Wildman–Crippen LogP) is 3.54. The molecule has 0 aliphatic heterocycles. The van der Waals surface area contributed by atoms with Crippen LogP contribution in [0.1, 0.15) is 47.5 Å². The molecule has 1 nitrogen and oxygen atoms in total. The van der Waals surface area contributed by atoms with Crippen molar-refractivity contribution in [2.45, 2.75) is 58.8 Å². The average Bonchev–Trinajstić information content (AvgIpc) is 2.41. The van der Waals surface area contributed by atoms with Crippen molar-refractivity contribution in [2.24, 2.45) is 11.3 Å². The third-order valence-corrected chi connectivity index (χ3v) is 5.15. The average molecular weight is 229 g/mol. The molecule has 2 atom stereocenters. The first-order chi connectivity index (χ1) is 6.97. The number of thioether (sulfide) groups is 1. The van der Waals surface area contributed by atoms with E-state index >= 15 is 0 Å². The van der Waals surface area contributed by atoms with E-state index < -0.39 is 0 Å². The van der Waals surface area contributed by atoms with Gasteiger partial charge in [-0.2, -0.15) is 11.8 Å². The molecule has 1 saturated carbocycles. The highest BCUT2D eigenvalue weighted by Crippen LogP contribution is 2.43. The first-order valence-electron chi connectivity index (χ1n) is 6.32. The zero-order chi connectivity index (χ0) is 11.5. The lowest BCUT2D eigenvalue weighted by Gasteiger charge is -2.31. The number of rotatable bonds is 5. The van der Waals surface area contributed by atoms with Crippen LogP contribution in [0.3, 0.4) is 0 Å². The summed E-state index contributed by atoms with van der Waals surface area (Å²) in [6.45, 7) is 12.8. The molecular formula is C13H27NS. The fourth-order valence-electron chi connectivity index (χ4n) is 2.46. The molecule has 1 fully saturated rings. The maximum Gasteiger partial charge on any atom is 0.0237 e. The molecule has 0 radical (unpaired) electrons. The molecule has 0 aromatic carbocycles. The number of hydrogen-bond donors (Lipinski definition) is 1. The Bertz CT molecular complexity index is 189. The van der Waals surface area contributed by atoms with E-state index in [4.69, 9.17) is 0 Å². The molecule has 2 unspecified atom stereocenters. The van der Waals surface area contributed by atoms with E-state index in [0.29, 0.717) is 11.5 Å². The predicted molar refractivity (Wildman–Crippen MR) is 71.6 cm³/mol. The van der Waals surface area contributed by atoms with Gasteiger partial charge in [0.2, 0.25) is 0 Å². The first kappa shape index (κ1) is 13.4. The summed E-state index contributed by atoms with van der Waals surface area (Å²) in [7, 11) is 0. The van der Waals surface area contributed by atoms with E-state index in [1.165, 1.54) is 18.6 Å². The Kier molecular flexibility index (Phi) is 4.98. The van der Waals surface area contributed by atoms with Gasteiger partial charge in [0.15, 0.2) is 0 Å². The lowest BCUT2D eigenvalue weighted by molar-refractivity contribution is 0.290. The van der Waals surface area contributed by atoms with Crippen molar-refractivity contribution in [3.63, 3.8) is 0 Å². The molecule has 1 N–H and O–H groups in total. The van der Waals surface area contributed by atoms with E-state index in [2.05, 4.69) is 51.7 Å².